The molecule has 7 nitrogen and oxygen atoms in total. The number of esters is 2. The predicted octanol–water partition coefficient (Wildman–Crippen LogP) is 3.19. The van der Waals surface area contributed by atoms with Gasteiger partial charge < -0.3 is 14.4 Å². The number of fused-ring (bicyclic) bond motifs is 1. The van der Waals surface area contributed by atoms with E-state index in [0.29, 0.717) is 4.90 Å². The Labute approximate surface area is 205 Å². The number of carbonyl (C=O) groups excluding carboxylic acids is 3. The van der Waals surface area contributed by atoms with Gasteiger partial charge in [-0.2, -0.15) is 0 Å². The molecule has 2 aromatic rings. The molecular weight excluding hydrogens is 478 g/mol. The minimum absolute atomic E-state index is 0.0130. The van der Waals surface area contributed by atoms with Crippen molar-refractivity contribution in [2.75, 3.05) is 7.11 Å². The van der Waals surface area contributed by atoms with E-state index in [9.17, 15) is 18.6 Å². The van der Waals surface area contributed by atoms with E-state index in [4.69, 9.17) is 16.3 Å². The summed E-state index contributed by atoms with van der Waals surface area (Å²) in [6.45, 7) is 0.0130. The number of benzene rings is 2. The van der Waals surface area contributed by atoms with Gasteiger partial charge in [0.2, 0.25) is 5.91 Å². The van der Waals surface area contributed by atoms with Gasteiger partial charge in [-0.15, -0.1) is 11.6 Å². The van der Waals surface area contributed by atoms with E-state index in [1.54, 1.807) is 36.4 Å². The minimum Gasteiger partial charge on any atom is -0.466 e. The molecule has 178 valence electrons. The number of halogens is 1. The third kappa shape index (κ3) is 4.52. The van der Waals surface area contributed by atoms with Gasteiger partial charge in [0.1, 0.15) is 6.61 Å². The standard InChI is InChI=1S/C25H24ClNO6S/c1-32-21(28)14-8-13-19-20-15-25(26,34(31)18-11-6-3-7-12-18)22(27(20)23(19)29)24(30)33-16-17-9-4-2-5-10-17/h2-12,14,19-20,22H,13,15-16H2,1H3/b14-8+/t19?,20?,22-,25?,34?/m0/s1. The van der Waals surface area contributed by atoms with Crippen molar-refractivity contribution in [1.29, 1.82) is 0 Å². The van der Waals surface area contributed by atoms with Gasteiger partial charge in [-0.05, 0) is 24.1 Å². The zero-order valence-corrected chi connectivity index (χ0v) is 20.0. The zero-order chi connectivity index (χ0) is 24.3. The van der Waals surface area contributed by atoms with Gasteiger partial charge in [0.05, 0.1) is 23.8 Å². The maximum atomic E-state index is 13.6. The third-order valence-electron chi connectivity index (χ3n) is 6.13. The van der Waals surface area contributed by atoms with Crippen LogP contribution in [0.5, 0.6) is 0 Å². The fourth-order valence-corrected chi connectivity index (χ4v) is 6.60. The lowest BCUT2D eigenvalue weighted by Crippen LogP contribution is -2.63. The molecule has 1 amide bonds. The molecule has 2 aliphatic rings. The maximum Gasteiger partial charge on any atom is 0.332 e. The number of ether oxygens (including phenoxy) is 2. The van der Waals surface area contributed by atoms with Crippen molar-refractivity contribution in [2.45, 2.75) is 40.6 Å². The van der Waals surface area contributed by atoms with Crippen molar-refractivity contribution < 1.29 is 28.1 Å². The molecule has 4 rings (SSSR count). The molecule has 0 bridgehead atoms. The molecule has 0 aliphatic carbocycles. The van der Waals surface area contributed by atoms with Crippen LogP contribution in [0, 0.1) is 5.92 Å². The summed E-state index contributed by atoms with van der Waals surface area (Å²) in [6.07, 6.45) is 3.26. The van der Waals surface area contributed by atoms with Crippen molar-refractivity contribution in [2.24, 2.45) is 5.92 Å². The molecule has 2 saturated heterocycles. The second-order valence-corrected chi connectivity index (χ2v) is 10.8. The summed E-state index contributed by atoms with van der Waals surface area (Å²) in [6, 6.07) is 16.2. The molecule has 5 atom stereocenters. The number of amides is 1. The zero-order valence-electron chi connectivity index (χ0n) is 18.5. The quantitative estimate of drug-likeness (QED) is 0.239. The number of rotatable bonds is 8. The summed E-state index contributed by atoms with van der Waals surface area (Å²) >= 11 is 6.98. The topological polar surface area (TPSA) is 90.0 Å². The highest BCUT2D eigenvalue weighted by molar-refractivity contribution is 7.88. The Kier molecular flexibility index (Phi) is 7.19. The Morgan fingerprint density at radius 3 is 2.44 bits per heavy atom. The van der Waals surface area contributed by atoms with Gasteiger partial charge in [-0.1, -0.05) is 54.6 Å². The van der Waals surface area contributed by atoms with Crippen LogP contribution in [0.2, 0.25) is 0 Å². The Balaban J connectivity index is 1.59. The lowest BCUT2D eigenvalue weighted by Gasteiger charge is -2.44. The first-order chi connectivity index (χ1) is 16.4. The number of alkyl halides is 1. The molecule has 0 N–H and O–H groups in total. The van der Waals surface area contributed by atoms with Crippen LogP contribution in [0.3, 0.4) is 0 Å². The number of nitrogens with zero attached hydrogens (tertiary/aromatic N) is 1. The van der Waals surface area contributed by atoms with E-state index >= 15 is 0 Å². The average Bonchev–Trinajstić information content (AvgIpc) is 3.16. The fourth-order valence-electron chi connectivity index (χ4n) is 4.45. The van der Waals surface area contributed by atoms with Crippen molar-refractivity contribution >= 4 is 40.2 Å². The fraction of sp³-hybridized carbons (Fsp3) is 0.320. The Hall–Kier alpha value is -2.97. The summed E-state index contributed by atoms with van der Waals surface area (Å²) in [5, 5.41) is 0. The molecule has 0 spiro atoms. The Morgan fingerprint density at radius 1 is 1.15 bits per heavy atom. The van der Waals surface area contributed by atoms with Gasteiger partial charge in [0.15, 0.2) is 10.2 Å². The summed E-state index contributed by atoms with van der Waals surface area (Å²) in [7, 11) is -0.520. The van der Waals surface area contributed by atoms with Crippen LogP contribution in [0.25, 0.3) is 0 Å². The number of β-lactam (4-membered cyclic amide) rings is 1. The van der Waals surface area contributed by atoms with Gasteiger partial charge in [0, 0.05) is 23.4 Å². The van der Waals surface area contributed by atoms with Crippen molar-refractivity contribution in [3.05, 3.63) is 78.4 Å². The number of allylic oxidation sites excluding steroid dienone is 1. The molecule has 0 aromatic heterocycles. The van der Waals surface area contributed by atoms with Crippen LogP contribution in [-0.2, 0) is 41.3 Å². The molecule has 2 heterocycles. The van der Waals surface area contributed by atoms with E-state index < -0.39 is 44.9 Å². The highest BCUT2D eigenvalue weighted by Crippen LogP contribution is 2.52. The molecule has 2 aliphatic heterocycles. The number of carbonyl (C=O) groups is 3. The van der Waals surface area contributed by atoms with E-state index in [1.165, 1.54) is 18.1 Å². The molecule has 34 heavy (non-hydrogen) atoms. The van der Waals surface area contributed by atoms with Crippen LogP contribution in [0.15, 0.2) is 77.7 Å². The summed E-state index contributed by atoms with van der Waals surface area (Å²) in [5.74, 6) is -1.97. The second-order valence-electron chi connectivity index (χ2n) is 8.15. The first-order valence-electron chi connectivity index (χ1n) is 10.8. The third-order valence-corrected chi connectivity index (χ3v) is 8.61. The number of hydrogen-bond donors (Lipinski definition) is 0. The molecule has 2 aromatic carbocycles. The van der Waals surface area contributed by atoms with E-state index in [0.717, 1.165) is 5.56 Å². The van der Waals surface area contributed by atoms with E-state index in [1.807, 2.05) is 30.3 Å². The molecule has 4 unspecified atom stereocenters. The van der Waals surface area contributed by atoms with Crippen molar-refractivity contribution in [3.63, 3.8) is 0 Å². The molecule has 2 fully saturated rings. The lowest BCUT2D eigenvalue weighted by atomic mass is 9.85. The van der Waals surface area contributed by atoms with E-state index in [2.05, 4.69) is 4.74 Å². The minimum atomic E-state index is -1.79. The first kappa shape index (κ1) is 24.2. The Morgan fingerprint density at radius 2 is 1.79 bits per heavy atom. The van der Waals surface area contributed by atoms with Gasteiger partial charge in [-0.3, -0.25) is 9.00 Å². The van der Waals surface area contributed by atoms with Gasteiger partial charge in [0.25, 0.3) is 0 Å². The van der Waals surface area contributed by atoms with Crippen LogP contribution >= 0.6 is 11.6 Å². The monoisotopic (exact) mass is 501 g/mol. The lowest BCUT2D eigenvalue weighted by molar-refractivity contribution is -0.167. The largest absolute Gasteiger partial charge is 0.466 e. The molecule has 0 saturated carbocycles. The highest BCUT2D eigenvalue weighted by Gasteiger charge is 2.68. The average molecular weight is 502 g/mol. The van der Waals surface area contributed by atoms with Gasteiger partial charge in [-0.25, -0.2) is 9.59 Å². The van der Waals surface area contributed by atoms with Crippen LogP contribution in [-0.4, -0.2) is 50.4 Å². The SMILES string of the molecule is COC(=O)/C=C/CC1C(=O)N2C1CC(Cl)(S(=O)c1ccccc1)[C@@H]2C(=O)OCc1ccccc1. The summed E-state index contributed by atoms with van der Waals surface area (Å²) in [4.78, 5) is 39.5. The smallest absolute Gasteiger partial charge is 0.332 e. The van der Waals surface area contributed by atoms with Gasteiger partial charge >= 0.3 is 11.9 Å². The first-order valence-corrected chi connectivity index (χ1v) is 12.3. The maximum absolute atomic E-state index is 13.6. The molecule has 9 heteroatoms. The highest BCUT2D eigenvalue weighted by atomic mass is 35.5. The van der Waals surface area contributed by atoms with Crippen LogP contribution in [0.4, 0.5) is 0 Å². The molecular formula is C25H24ClNO6S. The van der Waals surface area contributed by atoms with Crippen molar-refractivity contribution in [1.82, 2.24) is 4.90 Å². The predicted molar refractivity (Wildman–Crippen MR) is 126 cm³/mol. The van der Waals surface area contributed by atoms with Crippen LogP contribution in [0.1, 0.15) is 18.4 Å². The normalized spacial score (nSPS) is 26.6. The summed E-state index contributed by atoms with van der Waals surface area (Å²) < 4.78 is 22.2. The second kappa shape index (κ2) is 10.1. The number of methoxy groups -OCH3 is 1. The molecule has 0 radical (unpaired) electrons. The number of hydrogen-bond acceptors (Lipinski definition) is 6. The van der Waals surface area contributed by atoms with Crippen molar-refractivity contribution in [3.8, 4) is 0 Å². The summed E-state index contributed by atoms with van der Waals surface area (Å²) in [5.41, 5.74) is 0.788. The Bertz CT molecular complexity index is 1120. The van der Waals surface area contributed by atoms with Crippen LogP contribution < -0.4 is 0 Å². The van der Waals surface area contributed by atoms with E-state index in [-0.39, 0.29) is 25.4 Å².